The van der Waals surface area contributed by atoms with Crippen molar-refractivity contribution >= 4 is 5.78 Å². The van der Waals surface area contributed by atoms with Crippen LogP contribution in [0, 0.1) is 23.2 Å². The topological polar surface area (TPSA) is 60.8 Å². The molecular formula is C16H23NO3. The predicted molar refractivity (Wildman–Crippen MR) is 73.7 cm³/mol. The lowest BCUT2D eigenvalue weighted by Crippen LogP contribution is -2.69. The number of rotatable bonds is 0. The van der Waals surface area contributed by atoms with Crippen molar-refractivity contribution in [2.45, 2.75) is 44.4 Å². The Labute approximate surface area is 119 Å². The minimum absolute atomic E-state index is 0.0387. The van der Waals surface area contributed by atoms with Gasteiger partial charge in [-0.15, -0.1) is 0 Å². The molecule has 0 aromatic carbocycles. The van der Waals surface area contributed by atoms with Gasteiger partial charge >= 0.3 is 0 Å². The Morgan fingerprint density at radius 3 is 3.05 bits per heavy atom. The lowest BCUT2D eigenvalue weighted by Gasteiger charge is -2.60. The smallest absolute Gasteiger partial charge is 0.137 e. The summed E-state index contributed by atoms with van der Waals surface area (Å²) >= 11 is 0. The lowest BCUT2D eigenvalue weighted by molar-refractivity contribution is -0.249. The van der Waals surface area contributed by atoms with E-state index in [0.29, 0.717) is 12.8 Å². The van der Waals surface area contributed by atoms with Crippen molar-refractivity contribution in [3.63, 3.8) is 0 Å². The highest BCUT2D eigenvalue weighted by atomic mass is 16.3. The second-order valence-electron chi connectivity index (χ2n) is 7.24. The van der Waals surface area contributed by atoms with Gasteiger partial charge in [-0.05, 0) is 25.2 Å². The maximum absolute atomic E-state index is 12.5. The Morgan fingerprint density at radius 1 is 1.45 bits per heavy atom. The molecule has 2 bridgehead atoms. The van der Waals surface area contributed by atoms with Crippen molar-refractivity contribution in [3.05, 3.63) is 12.2 Å². The molecule has 110 valence electrons. The maximum atomic E-state index is 12.5. The number of aliphatic hydroxyl groups excluding tert-OH is 1. The Balaban J connectivity index is 1.96. The second kappa shape index (κ2) is 3.93. The molecule has 2 aliphatic heterocycles. The minimum atomic E-state index is -0.946. The van der Waals surface area contributed by atoms with Gasteiger partial charge < -0.3 is 10.2 Å². The fraction of sp³-hybridized carbons (Fsp3) is 0.812. The van der Waals surface area contributed by atoms with E-state index in [1.165, 1.54) is 0 Å². The van der Waals surface area contributed by atoms with Crippen molar-refractivity contribution < 1.29 is 15.0 Å². The van der Waals surface area contributed by atoms with Crippen LogP contribution in [0.2, 0.25) is 0 Å². The van der Waals surface area contributed by atoms with E-state index in [9.17, 15) is 15.0 Å². The van der Waals surface area contributed by atoms with E-state index in [0.717, 1.165) is 25.9 Å². The molecule has 2 aliphatic carbocycles. The molecule has 4 rings (SSSR count). The SMILES string of the molecule is C[C@H]1C[C@]2(O)N3CC=CC24[C@H](CCC3)C(=O)C[C@@H]4[C@H]1O. The summed E-state index contributed by atoms with van der Waals surface area (Å²) in [5.74, 6) is 0.0545. The Hall–Kier alpha value is -0.710. The van der Waals surface area contributed by atoms with Crippen LogP contribution >= 0.6 is 0 Å². The molecule has 20 heavy (non-hydrogen) atoms. The zero-order valence-electron chi connectivity index (χ0n) is 12.0. The van der Waals surface area contributed by atoms with Gasteiger partial charge in [0.15, 0.2) is 0 Å². The number of nitrogens with zero attached hydrogens (tertiary/aromatic N) is 1. The van der Waals surface area contributed by atoms with Crippen LogP contribution in [0.1, 0.15) is 32.6 Å². The molecule has 2 unspecified atom stereocenters. The van der Waals surface area contributed by atoms with E-state index in [-0.39, 0.29) is 23.5 Å². The van der Waals surface area contributed by atoms with Crippen LogP contribution in [0.4, 0.5) is 0 Å². The van der Waals surface area contributed by atoms with Crippen LogP contribution in [-0.4, -0.2) is 45.8 Å². The van der Waals surface area contributed by atoms with Gasteiger partial charge in [-0.2, -0.15) is 0 Å². The summed E-state index contributed by atoms with van der Waals surface area (Å²) in [6, 6.07) is 0. The standard InChI is InChI=1S/C16H23NO3/c1-10-9-16(20)15-5-3-7-17(16)6-2-4-11(15)13(18)8-12(15)14(10)19/h3,5,10-12,14,19-20H,2,4,6-9H2,1H3/t10-,11+,12+,14-,15?,16+/m0/s1. The number of Topliss-reactive ketones (excluding diaryl/α,β-unsaturated/α-hetero) is 1. The Kier molecular flexibility index (Phi) is 2.55. The molecule has 4 heteroatoms. The van der Waals surface area contributed by atoms with Crippen molar-refractivity contribution in [2.75, 3.05) is 13.1 Å². The number of aliphatic hydroxyl groups is 2. The molecule has 1 saturated heterocycles. The number of ketones is 1. The number of carbonyl (C=O) groups is 1. The highest BCUT2D eigenvalue weighted by Crippen LogP contribution is 2.64. The Morgan fingerprint density at radius 2 is 2.25 bits per heavy atom. The molecule has 0 radical (unpaired) electrons. The molecule has 0 amide bonds. The number of carbonyl (C=O) groups excluding carboxylic acids is 1. The third-order valence-corrected chi connectivity index (χ3v) is 6.46. The van der Waals surface area contributed by atoms with Crippen LogP contribution in [0.5, 0.6) is 0 Å². The fourth-order valence-electron chi connectivity index (χ4n) is 5.64. The maximum Gasteiger partial charge on any atom is 0.137 e. The molecule has 2 N–H and O–H groups in total. The van der Waals surface area contributed by atoms with Crippen molar-refractivity contribution in [2.24, 2.45) is 23.2 Å². The summed E-state index contributed by atoms with van der Waals surface area (Å²) in [7, 11) is 0. The predicted octanol–water partition coefficient (Wildman–Crippen LogP) is 0.933. The van der Waals surface area contributed by atoms with E-state index < -0.39 is 17.2 Å². The van der Waals surface area contributed by atoms with E-state index in [1.54, 1.807) is 0 Å². The summed E-state index contributed by atoms with van der Waals surface area (Å²) in [5, 5.41) is 22.2. The molecule has 0 aromatic heterocycles. The lowest BCUT2D eigenvalue weighted by atomic mass is 9.54. The average Bonchev–Trinajstić information content (AvgIpc) is 2.67. The molecule has 2 saturated carbocycles. The monoisotopic (exact) mass is 277 g/mol. The third-order valence-electron chi connectivity index (χ3n) is 6.46. The summed E-state index contributed by atoms with van der Waals surface area (Å²) in [6.45, 7) is 3.61. The molecule has 3 fully saturated rings. The molecule has 4 aliphatic rings. The van der Waals surface area contributed by atoms with Crippen molar-refractivity contribution in [1.82, 2.24) is 4.90 Å². The van der Waals surface area contributed by atoms with Gasteiger partial charge in [0.05, 0.1) is 6.10 Å². The van der Waals surface area contributed by atoms with Gasteiger partial charge in [0.1, 0.15) is 11.5 Å². The first-order valence-corrected chi connectivity index (χ1v) is 7.86. The van der Waals surface area contributed by atoms with Gasteiger partial charge in [-0.1, -0.05) is 19.1 Å². The summed E-state index contributed by atoms with van der Waals surface area (Å²) in [4.78, 5) is 14.7. The first-order chi connectivity index (χ1) is 9.50. The largest absolute Gasteiger partial charge is 0.393 e. The number of hydrogen-bond acceptors (Lipinski definition) is 4. The van der Waals surface area contributed by atoms with Crippen LogP contribution in [0.25, 0.3) is 0 Å². The van der Waals surface area contributed by atoms with Gasteiger partial charge in [-0.3, -0.25) is 9.69 Å². The minimum Gasteiger partial charge on any atom is -0.393 e. The summed E-state index contributed by atoms with van der Waals surface area (Å²) in [5.41, 5.74) is -1.50. The molecule has 7 atom stereocenters. The molecule has 1 spiro atoms. The quantitative estimate of drug-likeness (QED) is 0.647. The molecule has 0 aromatic rings. The summed E-state index contributed by atoms with van der Waals surface area (Å²) < 4.78 is 0. The van der Waals surface area contributed by atoms with E-state index in [4.69, 9.17) is 0 Å². The zero-order valence-corrected chi connectivity index (χ0v) is 12.0. The van der Waals surface area contributed by atoms with Gasteiger partial charge in [-0.25, -0.2) is 0 Å². The number of hydrogen-bond donors (Lipinski definition) is 2. The first kappa shape index (κ1) is 13.0. The normalized spacial score (nSPS) is 57.4. The molecular weight excluding hydrogens is 254 g/mol. The molecule has 4 nitrogen and oxygen atoms in total. The Bertz CT molecular complexity index is 490. The summed E-state index contributed by atoms with van der Waals surface area (Å²) in [6.07, 6.45) is 6.51. The van der Waals surface area contributed by atoms with Crippen LogP contribution in [0.3, 0.4) is 0 Å². The van der Waals surface area contributed by atoms with Gasteiger partial charge in [0.25, 0.3) is 0 Å². The van der Waals surface area contributed by atoms with E-state index in [1.807, 2.05) is 6.92 Å². The first-order valence-electron chi connectivity index (χ1n) is 7.86. The van der Waals surface area contributed by atoms with E-state index >= 15 is 0 Å². The molecule has 2 heterocycles. The van der Waals surface area contributed by atoms with Crippen LogP contribution in [-0.2, 0) is 4.79 Å². The van der Waals surface area contributed by atoms with Gasteiger partial charge in [0, 0.05) is 36.8 Å². The highest BCUT2D eigenvalue weighted by Gasteiger charge is 2.71. The highest BCUT2D eigenvalue weighted by molar-refractivity contribution is 5.86. The fourth-order valence-corrected chi connectivity index (χ4v) is 5.64. The zero-order chi connectivity index (χ0) is 14.1. The third kappa shape index (κ3) is 1.26. The average molecular weight is 277 g/mol. The second-order valence-corrected chi connectivity index (χ2v) is 7.24. The van der Waals surface area contributed by atoms with Crippen molar-refractivity contribution in [1.29, 1.82) is 0 Å². The van der Waals surface area contributed by atoms with Crippen molar-refractivity contribution in [3.8, 4) is 0 Å². The van der Waals surface area contributed by atoms with E-state index in [2.05, 4.69) is 17.1 Å². The van der Waals surface area contributed by atoms with Crippen LogP contribution in [0.15, 0.2) is 12.2 Å². The van der Waals surface area contributed by atoms with Crippen LogP contribution < -0.4 is 0 Å². The van der Waals surface area contributed by atoms with Gasteiger partial charge in [0.2, 0.25) is 0 Å².